The molecular weight excluding hydrogens is 242 g/mol. The molecule has 1 aromatic heterocycles. The molecule has 106 valence electrons. The maximum absolute atomic E-state index is 11.6. The van der Waals surface area contributed by atoms with Crippen LogP contribution in [-0.4, -0.2) is 28.8 Å². The van der Waals surface area contributed by atoms with Crippen molar-refractivity contribution in [2.45, 2.75) is 39.3 Å². The van der Waals surface area contributed by atoms with Gasteiger partial charge in [-0.2, -0.15) is 0 Å². The largest absolute Gasteiger partial charge is 0.391 e. The first-order valence-electron chi connectivity index (χ1n) is 6.77. The minimum Gasteiger partial charge on any atom is -0.391 e. The number of pyridine rings is 1. The predicted octanol–water partition coefficient (Wildman–Crippen LogP) is 1.68. The average molecular weight is 265 g/mol. The topological polar surface area (TPSA) is 74.2 Å². The summed E-state index contributed by atoms with van der Waals surface area (Å²) in [6.45, 7) is 4.74. The molecule has 0 aliphatic rings. The Hall–Kier alpha value is -1.62. The molecular formula is C14H23N3O2. The van der Waals surface area contributed by atoms with Crippen LogP contribution in [0.1, 0.15) is 32.4 Å². The van der Waals surface area contributed by atoms with Gasteiger partial charge < -0.3 is 15.7 Å². The lowest BCUT2D eigenvalue weighted by Gasteiger charge is -2.20. The van der Waals surface area contributed by atoms with E-state index in [4.69, 9.17) is 0 Å². The lowest BCUT2D eigenvalue weighted by molar-refractivity contribution is 0.103. The SMILES string of the molecule is CCC(CC)C(O)CNC(=O)NCc1ccccn1. The lowest BCUT2D eigenvalue weighted by atomic mass is 9.97. The number of nitrogens with zero attached hydrogens (tertiary/aromatic N) is 1. The molecule has 1 atom stereocenters. The quantitative estimate of drug-likeness (QED) is 0.702. The van der Waals surface area contributed by atoms with E-state index in [9.17, 15) is 9.90 Å². The molecule has 0 spiro atoms. The van der Waals surface area contributed by atoms with Gasteiger partial charge in [-0.3, -0.25) is 4.98 Å². The molecule has 3 N–H and O–H groups in total. The van der Waals surface area contributed by atoms with Gasteiger partial charge in [0.25, 0.3) is 0 Å². The van der Waals surface area contributed by atoms with Crippen molar-refractivity contribution in [3.63, 3.8) is 0 Å². The van der Waals surface area contributed by atoms with Crippen LogP contribution in [-0.2, 0) is 6.54 Å². The smallest absolute Gasteiger partial charge is 0.315 e. The lowest BCUT2D eigenvalue weighted by Crippen LogP contribution is -2.41. The third-order valence-electron chi connectivity index (χ3n) is 3.22. The van der Waals surface area contributed by atoms with Crippen molar-refractivity contribution in [2.24, 2.45) is 5.92 Å². The predicted molar refractivity (Wildman–Crippen MR) is 74.6 cm³/mol. The van der Waals surface area contributed by atoms with Crippen molar-refractivity contribution < 1.29 is 9.90 Å². The second-order valence-corrected chi connectivity index (χ2v) is 4.53. The third kappa shape index (κ3) is 5.70. The molecule has 2 amide bonds. The summed E-state index contributed by atoms with van der Waals surface area (Å²) in [5, 5.41) is 15.3. The highest BCUT2D eigenvalue weighted by Crippen LogP contribution is 2.11. The Morgan fingerprint density at radius 2 is 2.05 bits per heavy atom. The molecule has 19 heavy (non-hydrogen) atoms. The van der Waals surface area contributed by atoms with E-state index in [-0.39, 0.29) is 18.5 Å². The van der Waals surface area contributed by atoms with Crippen LogP contribution >= 0.6 is 0 Å². The second kappa shape index (κ2) is 8.48. The summed E-state index contributed by atoms with van der Waals surface area (Å²) in [5.74, 6) is 0.232. The second-order valence-electron chi connectivity index (χ2n) is 4.53. The van der Waals surface area contributed by atoms with Crippen molar-refractivity contribution in [3.8, 4) is 0 Å². The summed E-state index contributed by atoms with van der Waals surface area (Å²) < 4.78 is 0. The van der Waals surface area contributed by atoms with Crippen LogP contribution in [0.25, 0.3) is 0 Å². The third-order valence-corrected chi connectivity index (χ3v) is 3.22. The number of aromatic nitrogens is 1. The van der Waals surface area contributed by atoms with Gasteiger partial charge in [-0.1, -0.05) is 32.8 Å². The summed E-state index contributed by atoms with van der Waals surface area (Å²) in [5.41, 5.74) is 0.804. The molecule has 0 saturated carbocycles. The number of urea groups is 1. The zero-order chi connectivity index (χ0) is 14.1. The standard InChI is InChI=1S/C14H23N3O2/c1-3-11(4-2)13(18)10-17-14(19)16-9-12-7-5-6-8-15-12/h5-8,11,13,18H,3-4,9-10H2,1-2H3,(H2,16,17,19). The molecule has 0 radical (unpaired) electrons. The van der Waals surface area contributed by atoms with Gasteiger partial charge >= 0.3 is 6.03 Å². The normalized spacial score (nSPS) is 12.2. The van der Waals surface area contributed by atoms with E-state index in [2.05, 4.69) is 15.6 Å². The maximum Gasteiger partial charge on any atom is 0.315 e. The zero-order valence-electron chi connectivity index (χ0n) is 11.6. The Bertz CT molecular complexity index is 366. The highest BCUT2D eigenvalue weighted by Gasteiger charge is 2.15. The molecule has 0 aliphatic carbocycles. The van der Waals surface area contributed by atoms with Gasteiger partial charge in [-0.25, -0.2) is 4.79 Å². The monoisotopic (exact) mass is 265 g/mol. The van der Waals surface area contributed by atoms with Crippen LogP contribution in [0.2, 0.25) is 0 Å². The van der Waals surface area contributed by atoms with Crippen molar-refractivity contribution in [2.75, 3.05) is 6.54 Å². The zero-order valence-corrected chi connectivity index (χ0v) is 11.6. The first-order chi connectivity index (χ1) is 9.17. The molecule has 5 nitrogen and oxygen atoms in total. The Morgan fingerprint density at radius 1 is 1.32 bits per heavy atom. The molecule has 1 heterocycles. The fourth-order valence-electron chi connectivity index (χ4n) is 1.93. The number of nitrogens with one attached hydrogen (secondary N) is 2. The van der Waals surface area contributed by atoms with E-state index in [0.717, 1.165) is 18.5 Å². The van der Waals surface area contributed by atoms with Gasteiger partial charge in [0, 0.05) is 12.7 Å². The van der Waals surface area contributed by atoms with Crippen LogP contribution in [0.3, 0.4) is 0 Å². The number of amides is 2. The fourth-order valence-corrected chi connectivity index (χ4v) is 1.93. The van der Waals surface area contributed by atoms with E-state index in [1.54, 1.807) is 6.20 Å². The number of rotatable bonds is 7. The molecule has 0 saturated heterocycles. The summed E-state index contributed by atoms with van der Waals surface area (Å²) in [6, 6.07) is 5.27. The van der Waals surface area contributed by atoms with Crippen LogP contribution in [0.15, 0.2) is 24.4 Å². The summed E-state index contributed by atoms with van der Waals surface area (Å²) in [4.78, 5) is 15.7. The van der Waals surface area contributed by atoms with E-state index in [1.807, 2.05) is 32.0 Å². The molecule has 1 unspecified atom stereocenters. The highest BCUT2D eigenvalue weighted by molar-refractivity contribution is 5.73. The minimum atomic E-state index is -0.490. The van der Waals surface area contributed by atoms with Gasteiger partial charge in [0.2, 0.25) is 0 Å². The van der Waals surface area contributed by atoms with Gasteiger partial charge in [0.15, 0.2) is 0 Å². The van der Waals surface area contributed by atoms with E-state index >= 15 is 0 Å². The van der Waals surface area contributed by atoms with E-state index in [1.165, 1.54) is 0 Å². The number of hydrogen-bond donors (Lipinski definition) is 3. The summed E-state index contributed by atoms with van der Waals surface area (Å²) >= 11 is 0. The molecule has 5 heteroatoms. The number of carbonyl (C=O) groups excluding carboxylic acids is 1. The van der Waals surface area contributed by atoms with E-state index < -0.39 is 6.10 Å². The Balaban J connectivity index is 2.24. The van der Waals surface area contributed by atoms with Crippen molar-refractivity contribution in [1.29, 1.82) is 0 Å². The van der Waals surface area contributed by atoms with Gasteiger partial charge in [0.05, 0.1) is 18.3 Å². The van der Waals surface area contributed by atoms with Crippen molar-refractivity contribution in [1.82, 2.24) is 15.6 Å². The molecule has 0 aromatic carbocycles. The minimum absolute atomic E-state index is 0.232. The van der Waals surface area contributed by atoms with Crippen molar-refractivity contribution >= 4 is 6.03 Å². The first kappa shape index (κ1) is 15.4. The maximum atomic E-state index is 11.6. The van der Waals surface area contributed by atoms with Crippen molar-refractivity contribution in [3.05, 3.63) is 30.1 Å². The number of hydrogen-bond acceptors (Lipinski definition) is 3. The Morgan fingerprint density at radius 3 is 2.63 bits per heavy atom. The van der Waals surface area contributed by atoms with Crippen LogP contribution in [0, 0.1) is 5.92 Å². The summed E-state index contributed by atoms with van der Waals surface area (Å²) in [7, 11) is 0. The first-order valence-corrected chi connectivity index (χ1v) is 6.77. The van der Waals surface area contributed by atoms with Crippen LogP contribution in [0.5, 0.6) is 0 Å². The van der Waals surface area contributed by atoms with E-state index in [0.29, 0.717) is 6.54 Å². The Kier molecular flexibility index (Phi) is 6.89. The van der Waals surface area contributed by atoms with Gasteiger partial charge in [0.1, 0.15) is 0 Å². The van der Waals surface area contributed by atoms with Gasteiger partial charge in [-0.05, 0) is 18.1 Å². The number of aliphatic hydroxyl groups excluding tert-OH is 1. The highest BCUT2D eigenvalue weighted by atomic mass is 16.3. The average Bonchev–Trinajstić information content (AvgIpc) is 2.45. The molecule has 0 aliphatic heterocycles. The van der Waals surface area contributed by atoms with Crippen LogP contribution < -0.4 is 10.6 Å². The number of carbonyl (C=O) groups is 1. The molecule has 1 rings (SSSR count). The Labute approximate surface area is 114 Å². The molecule has 1 aromatic rings. The fraction of sp³-hybridized carbons (Fsp3) is 0.571. The molecule has 0 bridgehead atoms. The van der Waals surface area contributed by atoms with Crippen LogP contribution in [0.4, 0.5) is 4.79 Å². The molecule has 0 fully saturated rings. The number of aliphatic hydroxyl groups is 1. The summed E-state index contributed by atoms with van der Waals surface area (Å²) in [6.07, 6.45) is 3.02. The van der Waals surface area contributed by atoms with Gasteiger partial charge in [-0.15, -0.1) is 0 Å².